The van der Waals surface area contributed by atoms with Crippen LogP contribution in [0.3, 0.4) is 0 Å². The Hall–Kier alpha value is 0.740. The molecule has 0 bridgehead atoms. The first kappa shape index (κ1) is 10.7. The summed E-state index contributed by atoms with van der Waals surface area (Å²) in [6.45, 7) is 0. The molecule has 10 heavy (non-hydrogen) atoms. The lowest BCUT2D eigenvalue weighted by Gasteiger charge is -2.06. The summed E-state index contributed by atoms with van der Waals surface area (Å²) in [6, 6.07) is 0. The average molecular weight is 257 g/mol. The van der Waals surface area contributed by atoms with Crippen molar-refractivity contribution in [3.8, 4) is 0 Å². The lowest BCUT2D eigenvalue weighted by Crippen LogP contribution is -1.85. The molecular formula is H3BrO7P2. The van der Waals surface area contributed by atoms with Gasteiger partial charge in [0.15, 0.2) is 0 Å². The maximum atomic E-state index is 10.2. The van der Waals surface area contributed by atoms with Gasteiger partial charge in [-0.15, -0.1) is 0 Å². The Kier molecular flexibility index (Phi) is 3.68. The van der Waals surface area contributed by atoms with E-state index in [1.807, 2.05) is 16.3 Å². The highest BCUT2D eigenvalue weighted by molar-refractivity contribution is 9.06. The largest absolute Gasteiger partial charge is 0.492 e. The smallest absolute Gasteiger partial charge is 0.302 e. The van der Waals surface area contributed by atoms with Crippen molar-refractivity contribution in [1.82, 2.24) is 0 Å². The van der Waals surface area contributed by atoms with Crippen LogP contribution in [0.25, 0.3) is 0 Å². The second-order valence-electron chi connectivity index (χ2n) is 1.11. The maximum absolute atomic E-state index is 10.2. The molecule has 0 saturated carbocycles. The summed E-state index contributed by atoms with van der Waals surface area (Å²) in [5, 5.41) is 0. The maximum Gasteiger partial charge on any atom is 0.492 e. The number of hydrogen-bond donors (Lipinski definition) is 3. The van der Waals surface area contributed by atoms with E-state index in [9.17, 15) is 9.13 Å². The van der Waals surface area contributed by atoms with Gasteiger partial charge in [-0.25, -0.2) is 12.7 Å². The molecule has 0 aliphatic heterocycles. The number of hydrogen-bond acceptors (Lipinski definition) is 4. The zero-order valence-corrected chi connectivity index (χ0v) is 7.62. The van der Waals surface area contributed by atoms with Crippen molar-refractivity contribution >= 4 is 31.9 Å². The van der Waals surface area contributed by atoms with Gasteiger partial charge in [0.2, 0.25) is 0 Å². The Morgan fingerprint density at radius 3 is 1.70 bits per heavy atom. The van der Waals surface area contributed by atoms with Gasteiger partial charge in [0.1, 0.15) is 16.3 Å². The molecular weight excluding hydrogens is 254 g/mol. The molecule has 10 heteroatoms. The molecule has 7 nitrogen and oxygen atoms in total. The Morgan fingerprint density at radius 1 is 1.20 bits per heavy atom. The molecule has 0 aromatic heterocycles. The Balaban J connectivity index is 4.17. The highest BCUT2D eigenvalue weighted by Gasteiger charge is 2.31. The van der Waals surface area contributed by atoms with Gasteiger partial charge in [0.25, 0.3) is 0 Å². The van der Waals surface area contributed by atoms with Crippen molar-refractivity contribution < 1.29 is 31.7 Å². The molecule has 0 fully saturated rings. The molecule has 0 heterocycles. The minimum Gasteiger partial charge on any atom is -0.302 e. The molecule has 0 aliphatic carbocycles. The van der Waals surface area contributed by atoms with Gasteiger partial charge >= 0.3 is 15.6 Å². The Bertz CT molecular complexity index is 190. The lowest BCUT2D eigenvalue weighted by molar-refractivity contribution is 0.238. The molecule has 0 rings (SSSR count). The van der Waals surface area contributed by atoms with Gasteiger partial charge in [0, 0.05) is 0 Å². The standard InChI is InChI=1S/BrH3O7P2/c1-7-10(5,6)8-9(2,3)4/h(H,5,6)(H2,2,3,4). The minimum absolute atomic E-state index is 2.04. The van der Waals surface area contributed by atoms with E-state index >= 15 is 0 Å². The second-order valence-corrected chi connectivity index (χ2v) is 4.69. The fourth-order valence-electron chi connectivity index (χ4n) is 0.147. The van der Waals surface area contributed by atoms with Crippen LogP contribution in [0, 0.1) is 0 Å². The molecule has 0 spiro atoms. The van der Waals surface area contributed by atoms with E-state index in [4.69, 9.17) is 14.7 Å². The van der Waals surface area contributed by atoms with E-state index in [1.165, 1.54) is 0 Å². The zero-order chi connectivity index (χ0) is 8.41. The third-order valence-electron chi connectivity index (χ3n) is 0.297. The molecule has 62 valence electrons. The molecule has 3 N–H and O–H groups in total. The summed E-state index contributed by atoms with van der Waals surface area (Å²) in [5.41, 5.74) is 0. The summed E-state index contributed by atoms with van der Waals surface area (Å²) in [5.74, 6) is 0. The van der Waals surface area contributed by atoms with Crippen LogP contribution in [0.1, 0.15) is 0 Å². The first-order valence-electron chi connectivity index (χ1n) is 1.67. The van der Waals surface area contributed by atoms with E-state index in [2.05, 4.69) is 7.93 Å². The summed E-state index contributed by atoms with van der Waals surface area (Å²) < 4.78 is 26.8. The SMILES string of the molecule is O=P(O)(O)OP(=O)(O)OBr. The van der Waals surface area contributed by atoms with Gasteiger partial charge in [-0.3, -0.25) is 0 Å². The normalized spacial score (nSPS) is 18.4. The van der Waals surface area contributed by atoms with Crippen LogP contribution in [0.15, 0.2) is 0 Å². The van der Waals surface area contributed by atoms with E-state index in [-0.39, 0.29) is 0 Å². The first-order chi connectivity index (χ1) is 4.27. The van der Waals surface area contributed by atoms with Crippen LogP contribution >= 0.6 is 31.9 Å². The van der Waals surface area contributed by atoms with Gasteiger partial charge in [-0.2, -0.15) is 4.31 Å². The molecule has 0 aliphatic rings. The highest BCUT2D eigenvalue weighted by atomic mass is 79.9. The Morgan fingerprint density at radius 2 is 1.60 bits per heavy atom. The summed E-state index contributed by atoms with van der Waals surface area (Å²) in [6.07, 6.45) is 0. The molecule has 1 atom stereocenters. The highest BCUT2D eigenvalue weighted by Crippen LogP contribution is 2.58. The van der Waals surface area contributed by atoms with Crippen molar-refractivity contribution in [1.29, 1.82) is 0 Å². The quantitative estimate of drug-likeness (QED) is 0.631. The summed E-state index contributed by atoms with van der Waals surface area (Å²) in [4.78, 5) is 24.1. The van der Waals surface area contributed by atoms with Gasteiger partial charge in [-0.1, -0.05) is 0 Å². The van der Waals surface area contributed by atoms with Crippen LogP contribution in [0.2, 0.25) is 0 Å². The van der Waals surface area contributed by atoms with Crippen molar-refractivity contribution in [2.75, 3.05) is 0 Å². The van der Waals surface area contributed by atoms with Crippen LogP contribution < -0.4 is 0 Å². The van der Waals surface area contributed by atoms with Crippen LogP contribution in [0.4, 0.5) is 0 Å². The molecule has 0 aromatic rings. The number of rotatable bonds is 3. The fourth-order valence-corrected chi connectivity index (χ4v) is 1.80. The van der Waals surface area contributed by atoms with Crippen LogP contribution in [0.5, 0.6) is 0 Å². The van der Waals surface area contributed by atoms with Gasteiger partial charge < -0.3 is 14.7 Å². The topological polar surface area (TPSA) is 113 Å². The third-order valence-corrected chi connectivity index (χ3v) is 3.25. The van der Waals surface area contributed by atoms with Gasteiger partial charge in [-0.05, 0) is 0 Å². The van der Waals surface area contributed by atoms with Crippen molar-refractivity contribution in [2.24, 2.45) is 0 Å². The zero-order valence-electron chi connectivity index (χ0n) is 4.25. The minimum atomic E-state index is -4.97. The van der Waals surface area contributed by atoms with Crippen molar-refractivity contribution in [2.45, 2.75) is 0 Å². The summed E-state index contributed by atoms with van der Waals surface area (Å²) >= 11 is 2.04. The molecule has 0 aromatic carbocycles. The van der Waals surface area contributed by atoms with Crippen molar-refractivity contribution in [3.05, 3.63) is 0 Å². The second kappa shape index (κ2) is 3.42. The van der Waals surface area contributed by atoms with E-state index in [0.717, 1.165) is 0 Å². The van der Waals surface area contributed by atoms with Crippen LogP contribution in [-0.2, 0) is 17.1 Å². The van der Waals surface area contributed by atoms with Crippen molar-refractivity contribution in [3.63, 3.8) is 0 Å². The molecule has 0 radical (unpaired) electrons. The Labute approximate surface area is 64.3 Å². The van der Waals surface area contributed by atoms with E-state index in [0.29, 0.717) is 0 Å². The van der Waals surface area contributed by atoms with Crippen LogP contribution in [-0.4, -0.2) is 14.7 Å². The average Bonchev–Trinajstić information content (AvgIpc) is 1.60. The molecule has 1 unspecified atom stereocenters. The van der Waals surface area contributed by atoms with E-state index < -0.39 is 15.6 Å². The third kappa shape index (κ3) is 5.52. The molecule has 0 saturated heterocycles. The molecule has 0 amide bonds. The first-order valence-corrected chi connectivity index (χ1v) is 5.34. The monoisotopic (exact) mass is 256 g/mol. The summed E-state index contributed by atoms with van der Waals surface area (Å²) in [7, 11) is -9.61. The fraction of sp³-hybridized carbons (Fsp3) is 0. The van der Waals surface area contributed by atoms with E-state index in [1.54, 1.807) is 0 Å². The lowest BCUT2D eigenvalue weighted by atomic mass is 15.7. The predicted molar refractivity (Wildman–Crippen MR) is 33.0 cm³/mol. The van der Waals surface area contributed by atoms with Gasteiger partial charge in [0.05, 0.1) is 0 Å². The number of halogens is 1. The predicted octanol–water partition coefficient (Wildman–Crippen LogP) is 0.523. The number of phosphoric acid groups is 2.